The van der Waals surface area contributed by atoms with E-state index < -0.39 is 30.1 Å². The van der Waals surface area contributed by atoms with Crippen molar-refractivity contribution in [1.29, 1.82) is 0 Å². The maximum Gasteiger partial charge on any atom is 0.407 e. The van der Waals surface area contributed by atoms with E-state index in [1.165, 1.54) is 6.08 Å². The molecule has 8 nitrogen and oxygen atoms in total. The van der Waals surface area contributed by atoms with Gasteiger partial charge < -0.3 is 15.2 Å². The van der Waals surface area contributed by atoms with Crippen LogP contribution in [-0.2, 0) is 19.2 Å². The van der Waals surface area contributed by atoms with E-state index in [1.807, 2.05) is 48.5 Å². The van der Waals surface area contributed by atoms with Crippen LogP contribution >= 0.6 is 0 Å². The Morgan fingerprint density at radius 3 is 2.25 bits per heavy atom. The Morgan fingerprint density at radius 2 is 1.69 bits per heavy atom. The average Bonchev–Trinajstić information content (AvgIpc) is 3.12. The van der Waals surface area contributed by atoms with Gasteiger partial charge in [0.15, 0.2) is 0 Å². The molecule has 0 heterocycles. The molecule has 1 aliphatic rings. The lowest BCUT2D eigenvalue weighted by atomic mass is 9.98. The molecule has 2 aromatic carbocycles. The van der Waals surface area contributed by atoms with Gasteiger partial charge in [-0.2, -0.15) is 0 Å². The third kappa shape index (κ3) is 5.53. The monoisotopic (exact) mass is 438 g/mol. The summed E-state index contributed by atoms with van der Waals surface area (Å²) < 4.78 is 5.44. The maximum atomic E-state index is 12.5. The van der Waals surface area contributed by atoms with Crippen molar-refractivity contribution in [2.24, 2.45) is 0 Å². The van der Waals surface area contributed by atoms with Gasteiger partial charge >= 0.3 is 12.1 Å². The SMILES string of the molecule is C=CC(C)ONC(=O)C(CCC(=O)O)NC(=O)OCC1c2ccccc2-c2ccccc21. The van der Waals surface area contributed by atoms with Crippen LogP contribution in [0.3, 0.4) is 0 Å². The van der Waals surface area contributed by atoms with E-state index >= 15 is 0 Å². The van der Waals surface area contributed by atoms with Crippen LogP contribution in [0, 0.1) is 0 Å². The van der Waals surface area contributed by atoms with Crippen molar-refractivity contribution in [3.63, 3.8) is 0 Å². The Hall–Kier alpha value is -3.65. The molecule has 2 atom stereocenters. The second kappa shape index (κ2) is 10.6. The van der Waals surface area contributed by atoms with Crippen LogP contribution in [0.25, 0.3) is 11.1 Å². The number of alkyl carbamates (subject to hydrolysis) is 1. The first-order valence-electron chi connectivity index (χ1n) is 10.3. The molecule has 0 spiro atoms. The zero-order valence-corrected chi connectivity index (χ0v) is 17.7. The number of carboxylic acids is 1. The predicted octanol–water partition coefficient (Wildman–Crippen LogP) is 3.38. The molecule has 8 heteroatoms. The van der Waals surface area contributed by atoms with Crippen LogP contribution in [-0.4, -0.2) is 41.8 Å². The van der Waals surface area contributed by atoms with E-state index in [2.05, 4.69) is 17.4 Å². The van der Waals surface area contributed by atoms with Crippen molar-refractivity contribution >= 4 is 18.0 Å². The van der Waals surface area contributed by atoms with Gasteiger partial charge in [0, 0.05) is 12.3 Å². The number of hydrogen-bond donors (Lipinski definition) is 3. The Labute approximate surface area is 186 Å². The topological polar surface area (TPSA) is 114 Å². The summed E-state index contributed by atoms with van der Waals surface area (Å²) in [6, 6.07) is 14.8. The second-order valence-corrected chi connectivity index (χ2v) is 7.48. The summed E-state index contributed by atoms with van der Waals surface area (Å²) in [5.41, 5.74) is 6.54. The number of nitrogens with one attached hydrogen (secondary N) is 2. The Balaban J connectivity index is 1.64. The first kappa shape index (κ1) is 23.0. The van der Waals surface area contributed by atoms with Crippen molar-refractivity contribution in [1.82, 2.24) is 10.8 Å². The van der Waals surface area contributed by atoms with E-state index in [1.54, 1.807) is 6.92 Å². The smallest absolute Gasteiger partial charge is 0.407 e. The lowest BCUT2D eigenvalue weighted by Crippen LogP contribution is -2.47. The van der Waals surface area contributed by atoms with Crippen LogP contribution in [0.4, 0.5) is 4.79 Å². The Morgan fingerprint density at radius 1 is 1.09 bits per heavy atom. The molecule has 2 amide bonds. The van der Waals surface area contributed by atoms with Crippen molar-refractivity contribution in [3.8, 4) is 11.1 Å². The first-order chi connectivity index (χ1) is 15.4. The summed E-state index contributed by atoms with van der Waals surface area (Å²) in [5.74, 6) is -1.89. The number of carbonyl (C=O) groups excluding carboxylic acids is 2. The number of rotatable bonds is 10. The number of hydrogen-bond acceptors (Lipinski definition) is 5. The van der Waals surface area contributed by atoms with Crippen LogP contribution in [0.5, 0.6) is 0 Å². The first-order valence-corrected chi connectivity index (χ1v) is 10.3. The summed E-state index contributed by atoms with van der Waals surface area (Å²) in [6.07, 6.45) is -0.204. The summed E-state index contributed by atoms with van der Waals surface area (Å²) in [4.78, 5) is 40.8. The summed E-state index contributed by atoms with van der Waals surface area (Å²) in [6.45, 7) is 5.29. The molecule has 32 heavy (non-hydrogen) atoms. The van der Waals surface area contributed by atoms with Gasteiger partial charge in [-0.15, -0.1) is 6.58 Å². The highest BCUT2D eigenvalue weighted by molar-refractivity contribution is 5.85. The van der Waals surface area contributed by atoms with E-state index in [0.717, 1.165) is 22.3 Å². The molecular formula is C24H26N2O6. The highest BCUT2D eigenvalue weighted by Gasteiger charge is 2.30. The molecule has 3 rings (SSSR count). The molecule has 3 N–H and O–H groups in total. The highest BCUT2D eigenvalue weighted by atomic mass is 16.7. The lowest BCUT2D eigenvalue weighted by molar-refractivity contribution is -0.139. The summed E-state index contributed by atoms with van der Waals surface area (Å²) in [5, 5.41) is 11.4. The van der Waals surface area contributed by atoms with Gasteiger partial charge in [-0.25, -0.2) is 10.3 Å². The van der Waals surface area contributed by atoms with Crippen LogP contribution in [0.1, 0.15) is 36.8 Å². The average molecular weight is 438 g/mol. The number of carboxylic acid groups (broad SMARTS) is 1. The summed E-state index contributed by atoms with van der Waals surface area (Å²) in [7, 11) is 0. The molecule has 1 aliphatic carbocycles. The zero-order valence-electron chi connectivity index (χ0n) is 17.7. The number of aliphatic carboxylic acids is 1. The molecule has 0 aliphatic heterocycles. The molecule has 0 aromatic heterocycles. The molecule has 0 saturated carbocycles. The number of carbonyl (C=O) groups is 3. The fourth-order valence-electron chi connectivity index (χ4n) is 3.59. The quantitative estimate of drug-likeness (QED) is 0.387. The fourth-order valence-corrected chi connectivity index (χ4v) is 3.59. The second-order valence-electron chi connectivity index (χ2n) is 7.48. The van der Waals surface area contributed by atoms with E-state index in [4.69, 9.17) is 14.7 Å². The lowest BCUT2D eigenvalue weighted by Gasteiger charge is -2.19. The van der Waals surface area contributed by atoms with Gasteiger partial charge in [0.25, 0.3) is 5.91 Å². The number of hydroxylamine groups is 1. The van der Waals surface area contributed by atoms with Gasteiger partial charge in [0.05, 0.1) is 0 Å². The largest absolute Gasteiger partial charge is 0.481 e. The molecule has 0 radical (unpaired) electrons. The number of benzene rings is 2. The standard InChI is InChI=1S/C24H26N2O6/c1-3-15(2)32-26-23(29)21(12-13-22(27)28)25-24(30)31-14-20-18-10-6-4-8-16(18)17-9-5-7-11-19(17)20/h3-11,15,20-21H,1,12-14H2,2H3,(H,25,30)(H,26,29)(H,27,28). The molecule has 2 aromatic rings. The van der Waals surface area contributed by atoms with Gasteiger partial charge in [-0.3, -0.25) is 14.4 Å². The molecule has 0 bridgehead atoms. The van der Waals surface area contributed by atoms with Gasteiger partial charge in [0.2, 0.25) is 0 Å². The number of fused-ring (bicyclic) bond motifs is 3. The highest BCUT2D eigenvalue weighted by Crippen LogP contribution is 2.44. The van der Waals surface area contributed by atoms with Crippen molar-refractivity contribution in [2.75, 3.05) is 6.61 Å². The normalized spacial score (nSPS) is 13.9. The molecular weight excluding hydrogens is 412 g/mol. The number of ether oxygens (including phenoxy) is 1. The number of amides is 2. The Kier molecular flexibility index (Phi) is 7.62. The minimum Gasteiger partial charge on any atom is -0.481 e. The van der Waals surface area contributed by atoms with Gasteiger partial charge in [-0.1, -0.05) is 54.6 Å². The zero-order chi connectivity index (χ0) is 23.1. The summed E-state index contributed by atoms with van der Waals surface area (Å²) >= 11 is 0. The van der Waals surface area contributed by atoms with E-state index in [0.29, 0.717) is 0 Å². The van der Waals surface area contributed by atoms with Crippen molar-refractivity contribution in [2.45, 2.75) is 37.8 Å². The van der Waals surface area contributed by atoms with Gasteiger partial charge in [-0.05, 0) is 35.6 Å². The van der Waals surface area contributed by atoms with Crippen molar-refractivity contribution < 1.29 is 29.1 Å². The molecule has 2 unspecified atom stereocenters. The minimum atomic E-state index is -1.13. The predicted molar refractivity (Wildman–Crippen MR) is 118 cm³/mol. The van der Waals surface area contributed by atoms with E-state index in [-0.39, 0.29) is 25.4 Å². The van der Waals surface area contributed by atoms with Crippen LogP contribution in [0.15, 0.2) is 61.2 Å². The molecule has 168 valence electrons. The Bertz CT molecular complexity index is 960. The fraction of sp³-hybridized carbons (Fsp3) is 0.292. The van der Waals surface area contributed by atoms with Crippen molar-refractivity contribution in [3.05, 3.63) is 72.3 Å². The van der Waals surface area contributed by atoms with Gasteiger partial charge in [0.1, 0.15) is 18.8 Å². The third-order valence-corrected chi connectivity index (χ3v) is 5.28. The molecule has 0 fully saturated rings. The maximum absolute atomic E-state index is 12.5. The minimum absolute atomic E-state index is 0.0805. The molecule has 0 saturated heterocycles. The van der Waals surface area contributed by atoms with E-state index in [9.17, 15) is 14.4 Å². The van der Waals surface area contributed by atoms with Crippen LogP contribution < -0.4 is 10.8 Å². The third-order valence-electron chi connectivity index (χ3n) is 5.28. The van der Waals surface area contributed by atoms with Crippen LogP contribution in [0.2, 0.25) is 0 Å².